The molecule has 0 heterocycles. The molecule has 0 unspecified atom stereocenters. The number of halogens is 1. The van der Waals surface area contributed by atoms with Crippen molar-refractivity contribution in [3.63, 3.8) is 0 Å². The molecule has 1 aromatic rings. The van der Waals surface area contributed by atoms with E-state index in [1.165, 1.54) is 11.8 Å². The highest BCUT2D eigenvalue weighted by Crippen LogP contribution is 2.15. The minimum atomic E-state index is -0.976. The molecular weight excluding hydrogens is 262 g/mol. The van der Waals surface area contributed by atoms with Crippen LogP contribution in [0.5, 0.6) is 5.75 Å². The lowest BCUT2D eigenvalue weighted by Gasteiger charge is -2.07. The van der Waals surface area contributed by atoms with E-state index in [4.69, 9.17) is 27.2 Å². The molecule has 0 radical (unpaired) electrons. The van der Waals surface area contributed by atoms with Crippen LogP contribution < -0.4 is 10.5 Å². The van der Waals surface area contributed by atoms with Crippen LogP contribution in [0.15, 0.2) is 24.3 Å². The summed E-state index contributed by atoms with van der Waals surface area (Å²) in [6, 6.07) is 6.27. The maximum absolute atomic E-state index is 10.4. The molecule has 3 N–H and O–H groups in total. The molecule has 0 aliphatic rings. The van der Waals surface area contributed by atoms with Gasteiger partial charge in [0.25, 0.3) is 0 Å². The van der Waals surface area contributed by atoms with Crippen LogP contribution in [0.2, 0.25) is 5.02 Å². The predicted octanol–water partition coefficient (Wildman–Crippen LogP) is 1.86. The lowest BCUT2D eigenvalue weighted by Crippen LogP contribution is -2.32. The average molecular weight is 276 g/mol. The van der Waals surface area contributed by atoms with Gasteiger partial charge in [-0.3, -0.25) is 4.79 Å². The molecule has 0 spiro atoms. The van der Waals surface area contributed by atoms with Crippen molar-refractivity contribution in [3.05, 3.63) is 29.3 Å². The summed E-state index contributed by atoms with van der Waals surface area (Å²) in [6.07, 6.45) is 0. The van der Waals surface area contributed by atoms with Crippen LogP contribution in [0.3, 0.4) is 0 Å². The lowest BCUT2D eigenvalue weighted by atomic mass is 10.3. The summed E-state index contributed by atoms with van der Waals surface area (Å²) in [7, 11) is 0. The van der Waals surface area contributed by atoms with Gasteiger partial charge >= 0.3 is 5.97 Å². The largest absolute Gasteiger partial charge is 0.493 e. The summed E-state index contributed by atoms with van der Waals surface area (Å²) >= 11 is 7.19. The Hall–Kier alpha value is -0.910. The molecule has 0 aliphatic heterocycles. The molecule has 0 amide bonds. The van der Waals surface area contributed by atoms with Gasteiger partial charge < -0.3 is 15.6 Å². The molecule has 1 atom stereocenters. The summed E-state index contributed by atoms with van der Waals surface area (Å²) in [5.41, 5.74) is 5.35. The van der Waals surface area contributed by atoms with Crippen molar-refractivity contribution in [3.8, 4) is 5.75 Å². The third kappa shape index (κ3) is 5.81. The van der Waals surface area contributed by atoms with Gasteiger partial charge in [0, 0.05) is 16.5 Å². The maximum atomic E-state index is 10.4. The SMILES string of the molecule is N[C@H](CSCCOc1ccc(Cl)cc1)C(=O)O. The van der Waals surface area contributed by atoms with Crippen molar-refractivity contribution in [2.75, 3.05) is 18.1 Å². The molecule has 1 aromatic carbocycles. The second-order valence-corrected chi connectivity index (χ2v) is 4.91. The molecule has 0 aliphatic carbocycles. The first-order valence-electron chi connectivity index (χ1n) is 5.04. The Kier molecular flexibility index (Phi) is 6.18. The van der Waals surface area contributed by atoms with E-state index in [0.29, 0.717) is 23.1 Å². The first-order valence-corrected chi connectivity index (χ1v) is 6.57. The molecule has 0 fully saturated rings. The van der Waals surface area contributed by atoms with E-state index < -0.39 is 12.0 Å². The number of benzene rings is 1. The van der Waals surface area contributed by atoms with Crippen molar-refractivity contribution in [2.24, 2.45) is 5.73 Å². The lowest BCUT2D eigenvalue weighted by molar-refractivity contribution is -0.137. The van der Waals surface area contributed by atoms with Crippen LogP contribution in [0.4, 0.5) is 0 Å². The number of carboxylic acids is 1. The van der Waals surface area contributed by atoms with Crippen LogP contribution >= 0.6 is 23.4 Å². The average Bonchev–Trinajstić information content (AvgIpc) is 2.30. The number of rotatable bonds is 7. The number of carbonyl (C=O) groups is 1. The zero-order valence-electron chi connectivity index (χ0n) is 9.14. The van der Waals surface area contributed by atoms with E-state index in [2.05, 4.69) is 0 Å². The molecule has 4 nitrogen and oxygen atoms in total. The first-order chi connectivity index (χ1) is 8.09. The number of carboxylic acid groups (broad SMARTS) is 1. The Morgan fingerprint density at radius 2 is 2.12 bits per heavy atom. The number of thioether (sulfide) groups is 1. The van der Waals surface area contributed by atoms with Crippen LogP contribution in [0.1, 0.15) is 0 Å². The third-order valence-electron chi connectivity index (χ3n) is 1.92. The predicted molar refractivity (Wildman–Crippen MR) is 69.9 cm³/mol. The molecule has 0 bridgehead atoms. The van der Waals surface area contributed by atoms with E-state index in [1.54, 1.807) is 24.3 Å². The third-order valence-corrected chi connectivity index (χ3v) is 3.23. The zero-order chi connectivity index (χ0) is 12.7. The second kappa shape index (κ2) is 7.42. The normalized spacial score (nSPS) is 12.1. The van der Waals surface area contributed by atoms with E-state index in [-0.39, 0.29) is 0 Å². The summed E-state index contributed by atoms with van der Waals surface area (Å²) in [6.45, 7) is 0.513. The van der Waals surface area contributed by atoms with Crippen LogP contribution in [0.25, 0.3) is 0 Å². The Morgan fingerprint density at radius 3 is 2.71 bits per heavy atom. The second-order valence-electron chi connectivity index (χ2n) is 3.32. The standard InChI is InChI=1S/C11H14ClNO3S/c12-8-1-3-9(4-2-8)16-5-6-17-7-10(13)11(14)15/h1-4,10H,5-7,13H2,(H,14,15)/t10-/m1/s1. The molecule has 6 heteroatoms. The topological polar surface area (TPSA) is 72.5 Å². The highest BCUT2D eigenvalue weighted by molar-refractivity contribution is 7.99. The van der Waals surface area contributed by atoms with Crippen molar-refractivity contribution in [1.82, 2.24) is 0 Å². The molecule has 17 heavy (non-hydrogen) atoms. The van der Waals surface area contributed by atoms with Gasteiger partial charge in [0.15, 0.2) is 0 Å². The Labute approximate surface area is 109 Å². The van der Waals surface area contributed by atoms with Crippen molar-refractivity contribution in [1.29, 1.82) is 0 Å². The summed E-state index contributed by atoms with van der Waals surface area (Å²) < 4.78 is 5.44. The minimum absolute atomic E-state index is 0.388. The van der Waals surface area contributed by atoms with Gasteiger partial charge in [0.1, 0.15) is 11.8 Å². The van der Waals surface area contributed by atoms with Crippen LogP contribution in [-0.2, 0) is 4.79 Å². The Balaban J connectivity index is 2.12. The first kappa shape index (κ1) is 14.2. The Bertz CT molecular complexity index is 358. The molecule has 1 rings (SSSR count). The summed E-state index contributed by atoms with van der Waals surface area (Å²) in [5.74, 6) is 0.858. The van der Waals surface area contributed by atoms with E-state index in [9.17, 15) is 4.79 Å². The molecule has 0 saturated heterocycles. The van der Waals surface area contributed by atoms with Crippen molar-refractivity contribution >= 4 is 29.3 Å². The number of ether oxygens (including phenoxy) is 1. The monoisotopic (exact) mass is 275 g/mol. The zero-order valence-corrected chi connectivity index (χ0v) is 10.7. The maximum Gasteiger partial charge on any atom is 0.321 e. The van der Waals surface area contributed by atoms with E-state index in [1.807, 2.05) is 0 Å². The smallest absolute Gasteiger partial charge is 0.321 e. The summed E-state index contributed by atoms with van der Waals surface area (Å²) in [5, 5.41) is 9.23. The van der Waals surface area contributed by atoms with Gasteiger partial charge in [-0.15, -0.1) is 0 Å². The fourth-order valence-electron chi connectivity index (χ4n) is 1.03. The molecule has 0 aromatic heterocycles. The number of hydrogen-bond donors (Lipinski definition) is 2. The fourth-order valence-corrected chi connectivity index (χ4v) is 1.92. The molecular formula is C11H14ClNO3S. The van der Waals surface area contributed by atoms with Crippen LogP contribution in [0, 0.1) is 0 Å². The number of aliphatic carboxylic acids is 1. The highest BCUT2D eigenvalue weighted by atomic mass is 35.5. The number of nitrogens with two attached hydrogens (primary N) is 1. The van der Waals surface area contributed by atoms with Crippen LogP contribution in [-0.4, -0.2) is 35.2 Å². The quantitative estimate of drug-likeness (QED) is 0.743. The van der Waals surface area contributed by atoms with Crippen molar-refractivity contribution in [2.45, 2.75) is 6.04 Å². The van der Waals surface area contributed by atoms with Gasteiger partial charge in [-0.05, 0) is 24.3 Å². The van der Waals surface area contributed by atoms with E-state index in [0.717, 1.165) is 5.75 Å². The van der Waals surface area contributed by atoms with Gasteiger partial charge in [0.05, 0.1) is 6.61 Å². The Morgan fingerprint density at radius 1 is 1.47 bits per heavy atom. The number of hydrogen-bond acceptors (Lipinski definition) is 4. The minimum Gasteiger partial charge on any atom is -0.493 e. The van der Waals surface area contributed by atoms with Gasteiger partial charge in [-0.2, -0.15) is 11.8 Å². The van der Waals surface area contributed by atoms with Gasteiger partial charge in [-0.25, -0.2) is 0 Å². The summed E-state index contributed by atoms with van der Waals surface area (Å²) in [4.78, 5) is 10.4. The highest BCUT2D eigenvalue weighted by Gasteiger charge is 2.10. The van der Waals surface area contributed by atoms with Crippen molar-refractivity contribution < 1.29 is 14.6 Å². The fraction of sp³-hybridized carbons (Fsp3) is 0.364. The molecule has 94 valence electrons. The van der Waals surface area contributed by atoms with Gasteiger partial charge in [-0.1, -0.05) is 11.6 Å². The van der Waals surface area contributed by atoms with Gasteiger partial charge in [0.2, 0.25) is 0 Å². The molecule has 0 saturated carbocycles. The van der Waals surface area contributed by atoms with E-state index >= 15 is 0 Å².